The molecule has 0 aliphatic heterocycles. The van der Waals surface area contributed by atoms with E-state index < -0.39 is 0 Å². The fourth-order valence-corrected chi connectivity index (χ4v) is 2.23. The first-order chi connectivity index (χ1) is 9.04. The molecule has 2 N–H and O–H groups in total. The predicted molar refractivity (Wildman–Crippen MR) is 82.7 cm³/mol. The lowest BCUT2D eigenvalue weighted by atomic mass is 10.3. The van der Waals surface area contributed by atoms with Crippen molar-refractivity contribution in [1.82, 2.24) is 0 Å². The topological polar surface area (TPSA) is 24.1 Å². The molecule has 0 unspecified atom stereocenters. The third-order valence-corrected chi connectivity index (χ3v) is 2.88. The van der Waals surface area contributed by atoms with Gasteiger partial charge in [0.25, 0.3) is 0 Å². The maximum atomic E-state index is 13.4. The standard InChI is InChI=1S/C13H9Cl2FN2S/c14-8-5-9(15)7-10(6-8)17-13(19)18-12-4-2-1-3-11(12)16/h1-7H,(H2,17,18,19). The molecule has 19 heavy (non-hydrogen) atoms. The van der Waals surface area contributed by atoms with E-state index in [9.17, 15) is 4.39 Å². The number of anilines is 2. The van der Waals surface area contributed by atoms with Gasteiger partial charge in [-0.3, -0.25) is 0 Å². The largest absolute Gasteiger partial charge is 0.332 e. The van der Waals surface area contributed by atoms with Crippen molar-refractivity contribution in [3.8, 4) is 0 Å². The summed E-state index contributed by atoms with van der Waals surface area (Å²) in [4.78, 5) is 0. The molecule has 2 rings (SSSR count). The van der Waals surface area contributed by atoms with Crippen LogP contribution in [-0.2, 0) is 0 Å². The second-order valence-corrected chi connectivity index (χ2v) is 5.00. The molecule has 0 aliphatic rings. The highest BCUT2D eigenvalue weighted by Crippen LogP contribution is 2.22. The van der Waals surface area contributed by atoms with Gasteiger partial charge >= 0.3 is 0 Å². The van der Waals surface area contributed by atoms with Crippen LogP contribution < -0.4 is 10.6 Å². The zero-order valence-electron chi connectivity index (χ0n) is 9.58. The molecule has 0 aliphatic carbocycles. The maximum Gasteiger partial charge on any atom is 0.175 e. The van der Waals surface area contributed by atoms with Crippen molar-refractivity contribution in [2.24, 2.45) is 0 Å². The summed E-state index contributed by atoms with van der Waals surface area (Å²) in [5, 5.41) is 6.87. The van der Waals surface area contributed by atoms with Crippen LogP contribution in [0, 0.1) is 5.82 Å². The molecule has 0 heterocycles. The van der Waals surface area contributed by atoms with Crippen molar-refractivity contribution in [1.29, 1.82) is 0 Å². The molecule has 0 atom stereocenters. The normalized spacial score (nSPS) is 10.1. The van der Waals surface area contributed by atoms with E-state index >= 15 is 0 Å². The van der Waals surface area contributed by atoms with Gasteiger partial charge in [0.15, 0.2) is 5.11 Å². The fourth-order valence-electron chi connectivity index (χ4n) is 1.47. The first kappa shape index (κ1) is 14.1. The third kappa shape index (κ3) is 4.06. The molecule has 0 amide bonds. The summed E-state index contributed by atoms with van der Waals surface area (Å²) in [5.74, 6) is -0.379. The Balaban J connectivity index is 2.07. The first-order valence-corrected chi connectivity index (χ1v) is 6.49. The lowest BCUT2D eigenvalue weighted by Gasteiger charge is -2.11. The number of benzene rings is 2. The highest BCUT2D eigenvalue weighted by Gasteiger charge is 2.04. The van der Waals surface area contributed by atoms with Gasteiger partial charge in [0, 0.05) is 15.7 Å². The lowest BCUT2D eigenvalue weighted by Crippen LogP contribution is -2.19. The molecule has 98 valence electrons. The minimum atomic E-state index is -0.379. The van der Waals surface area contributed by atoms with Crippen LogP contribution >= 0.6 is 35.4 Å². The van der Waals surface area contributed by atoms with Crippen LogP contribution in [0.4, 0.5) is 15.8 Å². The summed E-state index contributed by atoms with van der Waals surface area (Å²) in [5.41, 5.74) is 0.930. The summed E-state index contributed by atoms with van der Waals surface area (Å²) >= 11 is 16.8. The van der Waals surface area contributed by atoms with Crippen LogP contribution in [0.25, 0.3) is 0 Å². The monoisotopic (exact) mass is 314 g/mol. The maximum absolute atomic E-state index is 13.4. The highest BCUT2D eigenvalue weighted by atomic mass is 35.5. The second-order valence-electron chi connectivity index (χ2n) is 3.72. The molecular formula is C13H9Cl2FN2S. The van der Waals surface area contributed by atoms with Gasteiger partial charge < -0.3 is 10.6 Å². The number of rotatable bonds is 2. The van der Waals surface area contributed by atoms with E-state index in [4.69, 9.17) is 35.4 Å². The fraction of sp³-hybridized carbons (Fsp3) is 0. The minimum Gasteiger partial charge on any atom is -0.332 e. The summed E-state index contributed by atoms with van der Waals surface area (Å²) in [6.07, 6.45) is 0. The summed E-state index contributed by atoms with van der Waals surface area (Å²) in [6.45, 7) is 0. The third-order valence-electron chi connectivity index (χ3n) is 2.24. The van der Waals surface area contributed by atoms with Crippen LogP contribution in [0.1, 0.15) is 0 Å². The molecule has 2 aromatic rings. The number of hydrogen-bond donors (Lipinski definition) is 2. The van der Waals surface area contributed by atoms with Crippen LogP contribution in [0.15, 0.2) is 42.5 Å². The Morgan fingerprint density at radius 2 is 1.63 bits per heavy atom. The van der Waals surface area contributed by atoms with Crippen LogP contribution in [-0.4, -0.2) is 5.11 Å². The Morgan fingerprint density at radius 1 is 1.00 bits per heavy atom. The molecule has 0 aromatic heterocycles. The van der Waals surface area contributed by atoms with Crippen LogP contribution in [0.2, 0.25) is 10.0 Å². The number of nitrogens with one attached hydrogen (secondary N) is 2. The molecule has 0 saturated heterocycles. The van der Waals surface area contributed by atoms with E-state index in [-0.39, 0.29) is 10.9 Å². The first-order valence-electron chi connectivity index (χ1n) is 5.33. The van der Waals surface area contributed by atoms with Crippen LogP contribution in [0.5, 0.6) is 0 Å². The quantitative estimate of drug-likeness (QED) is 0.768. The van der Waals surface area contributed by atoms with E-state index in [0.29, 0.717) is 21.4 Å². The molecule has 2 aromatic carbocycles. The Bertz CT molecular complexity index is 599. The summed E-state index contributed by atoms with van der Waals surface area (Å²) < 4.78 is 13.4. The van der Waals surface area contributed by atoms with Crippen molar-refractivity contribution in [3.63, 3.8) is 0 Å². The Morgan fingerprint density at radius 3 is 2.26 bits per heavy atom. The zero-order chi connectivity index (χ0) is 13.8. The Labute approximate surface area is 125 Å². The van der Waals surface area contributed by atoms with Gasteiger partial charge in [-0.05, 0) is 42.5 Å². The smallest absolute Gasteiger partial charge is 0.175 e. The van der Waals surface area contributed by atoms with E-state index in [1.807, 2.05) is 0 Å². The SMILES string of the molecule is Fc1ccccc1NC(=S)Nc1cc(Cl)cc(Cl)c1. The molecule has 0 fully saturated rings. The van der Waals surface area contributed by atoms with Gasteiger partial charge in [-0.15, -0.1) is 0 Å². The number of para-hydroxylation sites is 1. The van der Waals surface area contributed by atoms with Crippen molar-refractivity contribution in [2.45, 2.75) is 0 Å². The van der Waals surface area contributed by atoms with Crippen molar-refractivity contribution in [3.05, 3.63) is 58.3 Å². The Kier molecular flexibility index (Phi) is 4.58. The van der Waals surface area contributed by atoms with Crippen molar-refractivity contribution in [2.75, 3.05) is 10.6 Å². The van der Waals surface area contributed by atoms with E-state index in [2.05, 4.69) is 10.6 Å². The molecule has 0 bridgehead atoms. The van der Waals surface area contributed by atoms with E-state index in [0.717, 1.165) is 0 Å². The highest BCUT2D eigenvalue weighted by molar-refractivity contribution is 7.80. The number of halogens is 3. The lowest BCUT2D eigenvalue weighted by molar-refractivity contribution is 0.632. The molecule has 0 spiro atoms. The molecule has 0 radical (unpaired) electrons. The Hall–Kier alpha value is -1.36. The van der Waals surface area contributed by atoms with Gasteiger partial charge in [0.2, 0.25) is 0 Å². The van der Waals surface area contributed by atoms with Gasteiger partial charge in [-0.2, -0.15) is 0 Å². The summed E-state index contributed by atoms with van der Waals surface area (Å²) in [7, 11) is 0. The minimum absolute atomic E-state index is 0.253. The van der Waals surface area contributed by atoms with Gasteiger partial charge in [-0.1, -0.05) is 35.3 Å². The molecule has 0 saturated carbocycles. The predicted octanol–water partition coefficient (Wildman–Crippen LogP) is 4.94. The van der Waals surface area contributed by atoms with Gasteiger partial charge in [-0.25, -0.2) is 4.39 Å². The molecule has 6 heteroatoms. The molecule has 2 nitrogen and oxygen atoms in total. The summed E-state index contributed by atoms with van der Waals surface area (Å²) in [6, 6.07) is 11.2. The average Bonchev–Trinajstić information content (AvgIpc) is 2.30. The van der Waals surface area contributed by atoms with Gasteiger partial charge in [0.05, 0.1) is 5.69 Å². The second kappa shape index (κ2) is 6.19. The average molecular weight is 315 g/mol. The molecular weight excluding hydrogens is 306 g/mol. The van der Waals surface area contributed by atoms with Crippen molar-refractivity contribution >= 4 is 51.9 Å². The number of hydrogen-bond acceptors (Lipinski definition) is 1. The van der Waals surface area contributed by atoms with E-state index in [1.54, 1.807) is 36.4 Å². The number of thiocarbonyl (C=S) groups is 1. The van der Waals surface area contributed by atoms with E-state index in [1.165, 1.54) is 6.07 Å². The van der Waals surface area contributed by atoms with Crippen molar-refractivity contribution < 1.29 is 4.39 Å². The van der Waals surface area contributed by atoms with Gasteiger partial charge in [0.1, 0.15) is 5.82 Å². The zero-order valence-corrected chi connectivity index (χ0v) is 11.9. The van der Waals surface area contributed by atoms with Crippen LogP contribution in [0.3, 0.4) is 0 Å².